The predicted octanol–water partition coefficient (Wildman–Crippen LogP) is 5.45. The molecule has 0 aliphatic heterocycles. The first-order chi connectivity index (χ1) is 9.10. The van der Waals surface area contributed by atoms with Gasteiger partial charge in [-0.3, -0.25) is 0 Å². The normalized spacial score (nSPS) is 10.5. The lowest BCUT2D eigenvalue weighted by molar-refractivity contribution is 0.306. The highest BCUT2D eigenvalue weighted by Gasteiger charge is 2.05. The lowest BCUT2D eigenvalue weighted by Crippen LogP contribution is -1.97. The van der Waals surface area contributed by atoms with Gasteiger partial charge < -0.3 is 4.74 Å². The van der Waals surface area contributed by atoms with E-state index in [1.807, 2.05) is 6.07 Å². The van der Waals surface area contributed by atoms with Crippen LogP contribution in [-0.4, -0.2) is 0 Å². The molecule has 0 heterocycles. The molecule has 0 aliphatic carbocycles. The second-order valence-corrected chi connectivity index (χ2v) is 5.02. The van der Waals surface area contributed by atoms with Crippen LogP contribution in [0.5, 0.6) is 5.75 Å². The van der Waals surface area contributed by atoms with E-state index in [2.05, 4.69) is 0 Å². The topological polar surface area (TPSA) is 9.23 Å². The van der Waals surface area contributed by atoms with Gasteiger partial charge >= 0.3 is 0 Å². The highest BCUT2D eigenvalue weighted by Crippen LogP contribution is 2.27. The van der Waals surface area contributed by atoms with Crippen LogP contribution in [0.3, 0.4) is 0 Å². The van der Waals surface area contributed by atoms with E-state index in [-0.39, 0.29) is 11.6 Å². The molecule has 0 unspecified atom stereocenters. The molecular weight excluding hydrogens is 310 g/mol. The number of hydrogen-bond donors (Lipinski definition) is 0. The molecule has 19 heavy (non-hydrogen) atoms. The SMILES string of the molecule is Fc1ccc(COc2ccc(CCl)cc2Cl)cc1Cl. The molecule has 0 aromatic heterocycles. The molecule has 0 saturated heterocycles. The van der Waals surface area contributed by atoms with Gasteiger partial charge in [0.1, 0.15) is 18.2 Å². The van der Waals surface area contributed by atoms with Crippen molar-refractivity contribution in [1.29, 1.82) is 0 Å². The third kappa shape index (κ3) is 3.75. The van der Waals surface area contributed by atoms with Crippen LogP contribution in [0.2, 0.25) is 10.0 Å². The van der Waals surface area contributed by atoms with Crippen LogP contribution < -0.4 is 4.74 Å². The van der Waals surface area contributed by atoms with Crippen LogP contribution >= 0.6 is 34.8 Å². The third-order valence-electron chi connectivity index (χ3n) is 2.53. The molecule has 0 radical (unpaired) electrons. The largest absolute Gasteiger partial charge is 0.487 e. The van der Waals surface area contributed by atoms with Crippen LogP contribution in [0, 0.1) is 5.82 Å². The molecule has 0 aliphatic rings. The van der Waals surface area contributed by atoms with Crippen molar-refractivity contribution in [2.45, 2.75) is 12.5 Å². The van der Waals surface area contributed by atoms with Gasteiger partial charge in [-0.05, 0) is 35.4 Å². The summed E-state index contributed by atoms with van der Waals surface area (Å²) in [5.74, 6) is 0.499. The van der Waals surface area contributed by atoms with Crippen molar-refractivity contribution in [1.82, 2.24) is 0 Å². The summed E-state index contributed by atoms with van der Waals surface area (Å²) in [5, 5.41) is 0.566. The average molecular weight is 320 g/mol. The number of benzene rings is 2. The summed E-state index contributed by atoms with van der Waals surface area (Å²) < 4.78 is 18.6. The summed E-state index contributed by atoms with van der Waals surface area (Å²) in [6, 6.07) is 9.79. The van der Waals surface area contributed by atoms with Crippen molar-refractivity contribution in [2.75, 3.05) is 0 Å². The van der Waals surface area contributed by atoms with Gasteiger partial charge in [0.2, 0.25) is 0 Å². The highest BCUT2D eigenvalue weighted by atomic mass is 35.5. The van der Waals surface area contributed by atoms with Gasteiger partial charge in [-0.15, -0.1) is 11.6 Å². The highest BCUT2D eigenvalue weighted by molar-refractivity contribution is 6.32. The van der Waals surface area contributed by atoms with Crippen molar-refractivity contribution in [3.8, 4) is 5.75 Å². The van der Waals surface area contributed by atoms with Crippen LogP contribution in [0.4, 0.5) is 4.39 Å². The smallest absolute Gasteiger partial charge is 0.141 e. The molecule has 2 rings (SSSR count). The standard InChI is InChI=1S/C14H10Cl3FO/c15-7-9-2-4-14(12(17)5-9)19-8-10-1-3-13(18)11(16)6-10/h1-6H,7-8H2. The van der Waals surface area contributed by atoms with Crippen molar-refractivity contribution in [3.05, 3.63) is 63.4 Å². The Bertz CT molecular complexity index is 587. The Balaban J connectivity index is 2.07. The summed E-state index contributed by atoms with van der Waals surface area (Å²) >= 11 is 17.5. The van der Waals surface area contributed by atoms with Gasteiger partial charge in [-0.2, -0.15) is 0 Å². The molecule has 1 nitrogen and oxygen atoms in total. The van der Waals surface area contributed by atoms with Crippen molar-refractivity contribution < 1.29 is 9.13 Å². The summed E-state index contributed by atoms with van der Waals surface area (Å²) in [4.78, 5) is 0. The first kappa shape index (κ1) is 14.4. The fourth-order valence-electron chi connectivity index (χ4n) is 1.54. The van der Waals surface area contributed by atoms with E-state index >= 15 is 0 Å². The van der Waals surface area contributed by atoms with E-state index in [1.54, 1.807) is 18.2 Å². The van der Waals surface area contributed by atoms with E-state index in [0.29, 0.717) is 16.7 Å². The van der Waals surface area contributed by atoms with Gasteiger partial charge in [-0.1, -0.05) is 35.3 Å². The van der Waals surface area contributed by atoms with Gasteiger partial charge in [0.25, 0.3) is 0 Å². The summed E-state index contributed by atoms with van der Waals surface area (Å²) in [6.45, 7) is 0.264. The Hall–Kier alpha value is -0.960. The molecule has 0 bridgehead atoms. The Morgan fingerprint density at radius 2 is 1.63 bits per heavy atom. The predicted molar refractivity (Wildman–Crippen MR) is 76.8 cm³/mol. The van der Waals surface area contributed by atoms with Gasteiger partial charge in [0.05, 0.1) is 10.0 Å². The number of hydrogen-bond acceptors (Lipinski definition) is 1. The molecule has 0 saturated carbocycles. The molecule has 0 amide bonds. The maximum Gasteiger partial charge on any atom is 0.141 e. The van der Waals surface area contributed by atoms with Crippen molar-refractivity contribution in [2.24, 2.45) is 0 Å². The monoisotopic (exact) mass is 318 g/mol. The zero-order valence-electron chi connectivity index (χ0n) is 9.80. The molecule has 0 spiro atoms. The van der Waals surface area contributed by atoms with Gasteiger partial charge in [0.15, 0.2) is 0 Å². The van der Waals surface area contributed by atoms with E-state index in [0.717, 1.165) is 11.1 Å². The molecule has 100 valence electrons. The van der Waals surface area contributed by atoms with Crippen LogP contribution in [0.15, 0.2) is 36.4 Å². The summed E-state index contributed by atoms with van der Waals surface area (Å²) in [5.41, 5.74) is 1.69. The van der Waals surface area contributed by atoms with E-state index in [9.17, 15) is 4.39 Å². The third-order valence-corrected chi connectivity index (χ3v) is 3.42. The molecule has 0 fully saturated rings. The van der Waals surface area contributed by atoms with E-state index < -0.39 is 5.82 Å². The quantitative estimate of drug-likeness (QED) is 0.681. The fourth-order valence-corrected chi connectivity index (χ4v) is 2.16. The molecule has 0 N–H and O–H groups in total. The molecule has 5 heteroatoms. The lowest BCUT2D eigenvalue weighted by atomic mass is 10.2. The Morgan fingerprint density at radius 3 is 2.26 bits per heavy atom. The fraction of sp³-hybridized carbons (Fsp3) is 0.143. The van der Waals surface area contributed by atoms with Crippen molar-refractivity contribution in [3.63, 3.8) is 0 Å². The average Bonchev–Trinajstić information content (AvgIpc) is 2.41. The Kier molecular flexibility index (Phi) is 4.92. The number of ether oxygens (including phenoxy) is 1. The minimum Gasteiger partial charge on any atom is -0.487 e. The zero-order chi connectivity index (χ0) is 13.8. The number of rotatable bonds is 4. The summed E-state index contributed by atoms with van der Waals surface area (Å²) in [7, 11) is 0. The van der Waals surface area contributed by atoms with Gasteiger partial charge in [-0.25, -0.2) is 4.39 Å². The molecular formula is C14H10Cl3FO. The minimum atomic E-state index is -0.449. The van der Waals surface area contributed by atoms with E-state index in [1.165, 1.54) is 12.1 Å². The Labute approximate surface area is 125 Å². The van der Waals surface area contributed by atoms with E-state index in [4.69, 9.17) is 39.5 Å². The summed E-state index contributed by atoms with van der Waals surface area (Å²) in [6.07, 6.45) is 0. The van der Waals surface area contributed by atoms with Crippen molar-refractivity contribution >= 4 is 34.8 Å². The lowest BCUT2D eigenvalue weighted by Gasteiger charge is -2.09. The number of halogens is 4. The van der Waals surface area contributed by atoms with Gasteiger partial charge in [0, 0.05) is 5.88 Å². The van der Waals surface area contributed by atoms with Crippen LogP contribution in [-0.2, 0) is 12.5 Å². The number of alkyl halides is 1. The maximum atomic E-state index is 13.0. The molecule has 0 atom stereocenters. The molecule has 2 aromatic rings. The Morgan fingerprint density at radius 1 is 0.947 bits per heavy atom. The maximum absolute atomic E-state index is 13.0. The second-order valence-electron chi connectivity index (χ2n) is 3.94. The first-order valence-electron chi connectivity index (χ1n) is 5.51. The van der Waals surface area contributed by atoms with Crippen LogP contribution in [0.1, 0.15) is 11.1 Å². The second kappa shape index (κ2) is 6.47. The first-order valence-corrected chi connectivity index (χ1v) is 6.80. The minimum absolute atomic E-state index is 0.0738. The molecule has 2 aromatic carbocycles. The van der Waals surface area contributed by atoms with Crippen LogP contribution in [0.25, 0.3) is 0 Å². The zero-order valence-corrected chi connectivity index (χ0v) is 12.1.